The molecule has 3 heterocycles. The van der Waals surface area contributed by atoms with Crippen LogP contribution in [0.2, 0.25) is 0 Å². The number of aromatic nitrogens is 2. The molecule has 7 nitrogen and oxygen atoms in total. The van der Waals surface area contributed by atoms with E-state index in [1.165, 1.54) is 0 Å². The number of hydrogen-bond acceptors (Lipinski definition) is 6. The Morgan fingerprint density at radius 1 is 0.972 bits per heavy atom. The average molecular weight is 479 g/mol. The van der Waals surface area contributed by atoms with E-state index >= 15 is 0 Å². The average Bonchev–Trinajstić information content (AvgIpc) is 3.41. The Morgan fingerprint density at radius 3 is 2.53 bits per heavy atom. The second kappa shape index (κ2) is 9.26. The molecule has 180 valence electrons. The van der Waals surface area contributed by atoms with E-state index in [0.717, 1.165) is 51.7 Å². The molecule has 0 fully saturated rings. The summed E-state index contributed by atoms with van der Waals surface area (Å²) in [5.74, 6) is 2.91. The minimum Gasteiger partial charge on any atom is -0.496 e. The Labute approximate surface area is 209 Å². The van der Waals surface area contributed by atoms with E-state index in [0.29, 0.717) is 18.1 Å². The van der Waals surface area contributed by atoms with Gasteiger partial charge in [-0.15, -0.1) is 0 Å². The zero-order chi connectivity index (χ0) is 24.5. The molecule has 1 aromatic heterocycles. The molecule has 1 unspecified atom stereocenters. The third-order valence-electron chi connectivity index (χ3n) is 6.55. The number of amidine groups is 1. The van der Waals surface area contributed by atoms with Crippen molar-refractivity contribution < 1.29 is 14.2 Å². The number of methoxy groups -OCH3 is 2. The fourth-order valence-corrected chi connectivity index (χ4v) is 4.78. The molecule has 2 aliphatic rings. The molecule has 1 atom stereocenters. The lowest BCUT2D eigenvalue weighted by Gasteiger charge is -2.29. The van der Waals surface area contributed by atoms with Crippen LogP contribution in [-0.2, 0) is 0 Å². The summed E-state index contributed by atoms with van der Waals surface area (Å²) in [5.41, 5.74) is 6.13. The van der Waals surface area contributed by atoms with Gasteiger partial charge in [0, 0.05) is 36.5 Å². The van der Waals surface area contributed by atoms with E-state index < -0.39 is 0 Å². The van der Waals surface area contributed by atoms with Crippen LogP contribution < -0.4 is 19.5 Å². The van der Waals surface area contributed by atoms with E-state index in [9.17, 15) is 0 Å². The van der Waals surface area contributed by atoms with Crippen LogP contribution in [0.25, 0.3) is 11.4 Å². The van der Waals surface area contributed by atoms with Crippen molar-refractivity contribution in [2.75, 3.05) is 20.8 Å². The topological polar surface area (TPSA) is 69.9 Å². The van der Waals surface area contributed by atoms with Crippen LogP contribution in [0.1, 0.15) is 29.2 Å². The lowest BCUT2D eigenvalue weighted by molar-refractivity contribution is 0.315. The van der Waals surface area contributed by atoms with Crippen molar-refractivity contribution in [2.45, 2.75) is 12.5 Å². The molecule has 0 saturated heterocycles. The number of nitrogens with zero attached hydrogens (tertiary/aromatic N) is 3. The summed E-state index contributed by atoms with van der Waals surface area (Å²) >= 11 is 0. The fourth-order valence-electron chi connectivity index (χ4n) is 4.78. The van der Waals surface area contributed by atoms with Gasteiger partial charge < -0.3 is 19.5 Å². The molecular formula is C29H26N4O3. The summed E-state index contributed by atoms with van der Waals surface area (Å²) in [5, 5.41) is 7.97. The second-order valence-electron chi connectivity index (χ2n) is 8.61. The lowest BCUT2D eigenvalue weighted by Crippen LogP contribution is -2.30. The van der Waals surface area contributed by atoms with Crippen LogP contribution in [0.3, 0.4) is 0 Å². The summed E-state index contributed by atoms with van der Waals surface area (Å²) in [7, 11) is 3.31. The molecule has 3 aromatic carbocycles. The number of nitrogens with one attached hydrogen (secondary N) is 1. The molecule has 1 N–H and O–H groups in total. The smallest absolute Gasteiger partial charge is 0.136 e. The van der Waals surface area contributed by atoms with Crippen molar-refractivity contribution >= 4 is 11.5 Å². The zero-order valence-electron chi connectivity index (χ0n) is 20.1. The molecule has 0 aliphatic carbocycles. The highest BCUT2D eigenvalue weighted by Gasteiger charge is 2.32. The van der Waals surface area contributed by atoms with Gasteiger partial charge in [-0.1, -0.05) is 42.5 Å². The second-order valence-corrected chi connectivity index (χ2v) is 8.61. The molecule has 6 rings (SSSR count). The standard InChI is InChI=1S/C29H26N4O3/c1-34-22-17-24(35-2)26-25(18-22)36-16-13-23-27(19-9-11-21(12-10-19)33-15-6-14-30-33)31-29(32-28(23)26)20-7-4-3-5-8-20/h3-12,14-15,17-18,27H,13,16H2,1-2H3,(H,31,32). The lowest BCUT2D eigenvalue weighted by atomic mass is 9.90. The fraction of sp³-hybridized carbons (Fsp3) is 0.172. The van der Waals surface area contributed by atoms with Gasteiger partial charge in [0.1, 0.15) is 29.1 Å². The number of benzene rings is 3. The van der Waals surface area contributed by atoms with Crippen molar-refractivity contribution in [1.82, 2.24) is 15.1 Å². The van der Waals surface area contributed by atoms with E-state index in [-0.39, 0.29) is 6.04 Å². The third kappa shape index (κ3) is 3.88. The Hall–Kier alpha value is -4.52. The third-order valence-corrected chi connectivity index (χ3v) is 6.55. The van der Waals surface area contributed by atoms with Crippen LogP contribution >= 0.6 is 0 Å². The maximum Gasteiger partial charge on any atom is 0.136 e. The van der Waals surface area contributed by atoms with E-state index in [1.54, 1.807) is 20.4 Å². The molecule has 0 radical (unpaired) electrons. The SMILES string of the molecule is COc1cc(OC)c2c(c1)OCCC1=C2NC(c2ccccc2)=NC1c1ccc(-n2cccn2)cc1. The van der Waals surface area contributed by atoms with Crippen molar-refractivity contribution in [3.63, 3.8) is 0 Å². The summed E-state index contributed by atoms with van der Waals surface area (Å²) in [6.07, 6.45) is 4.44. The van der Waals surface area contributed by atoms with Gasteiger partial charge in [-0.05, 0) is 29.3 Å². The van der Waals surface area contributed by atoms with Gasteiger partial charge in [0.25, 0.3) is 0 Å². The highest BCUT2D eigenvalue weighted by atomic mass is 16.5. The predicted molar refractivity (Wildman–Crippen MR) is 139 cm³/mol. The van der Waals surface area contributed by atoms with Crippen LogP contribution in [0, 0.1) is 0 Å². The van der Waals surface area contributed by atoms with Crippen molar-refractivity contribution in [3.05, 3.63) is 107 Å². The molecule has 2 aliphatic heterocycles. The minimum atomic E-state index is -0.176. The molecule has 0 amide bonds. The van der Waals surface area contributed by atoms with Crippen LogP contribution in [0.5, 0.6) is 17.2 Å². The molecule has 36 heavy (non-hydrogen) atoms. The highest BCUT2D eigenvalue weighted by molar-refractivity contribution is 6.06. The van der Waals surface area contributed by atoms with E-state index in [2.05, 4.69) is 46.8 Å². The maximum absolute atomic E-state index is 6.21. The first kappa shape index (κ1) is 22.0. The number of fused-ring (bicyclic) bond motifs is 2. The van der Waals surface area contributed by atoms with Crippen LogP contribution in [-0.4, -0.2) is 36.4 Å². The Balaban J connectivity index is 1.51. The normalized spacial score (nSPS) is 16.6. The van der Waals surface area contributed by atoms with Gasteiger partial charge >= 0.3 is 0 Å². The Kier molecular flexibility index (Phi) is 5.65. The first-order chi connectivity index (χ1) is 17.7. The number of aliphatic imine (C=N–C) groups is 1. The zero-order valence-corrected chi connectivity index (χ0v) is 20.1. The molecule has 7 heteroatoms. The predicted octanol–water partition coefficient (Wildman–Crippen LogP) is 5.17. The van der Waals surface area contributed by atoms with Crippen molar-refractivity contribution in [3.8, 4) is 22.9 Å². The van der Waals surface area contributed by atoms with E-state index in [4.69, 9.17) is 19.2 Å². The Bertz CT molecular complexity index is 1440. The summed E-state index contributed by atoms with van der Waals surface area (Å²) in [6.45, 7) is 0.530. The first-order valence-corrected chi connectivity index (χ1v) is 11.9. The quantitative estimate of drug-likeness (QED) is 0.428. The largest absolute Gasteiger partial charge is 0.496 e. The summed E-state index contributed by atoms with van der Waals surface area (Å²) in [4.78, 5) is 5.21. The van der Waals surface area contributed by atoms with Crippen molar-refractivity contribution in [2.24, 2.45) is 4.99 Å². The minimum absolute atomic E-state index is 0.176. The molecular weight excluding hydrogens is 452 g/mol. The van der Waals surface area contributed by atoms with Gasteiger partial charge in [0.15, 0.2) is 0 Å². The van der Waals surface area contributed by atoms with Crippen LogP contribution in [0.15, 0.2) is 95.8 Å². The van der Waals surface area contributed by atoms with Gasteiger partial charge in [0.2, 0.25) is 0 Å². The summed E-state index contributed by atoms with van der Waals surface area (Å²) in [6, 6.07) is 24.1. The van der Waals surface area contributed by atoms with Gasteiger partial charge in [0.05, 0.1) is 37.8 Å². The maximum atomic E-state index is 6.21. The van der Waals surface area contributed by atoms with Gasteiger partial charge in [-0.2, -0.15) is 5.10 Å². The monoisotopic (exact) mass is 478 g/mol. The van der Waals surface area contributed by atoms with Crippen molar-refractivity contribution in [1.29, 1.82) is 0 Å². The number of ether oxygens (including phenoxy) is 3. The number of hydrogen-bond donors (Lipinski definition) is 1. The molecule has 0 spiro atoms. The Morgan fingerprint density at radius 2 is 1.81 bits per heavy atom. The van der Waals surface area contributed by atoms with E-state index in [1.807, 2.05) is 47.3 Å². The van der Waals surface area contributed by atoms with Crippen LogP contribution in [0.4, 0.5) is 0 Å². The molecule has 4 aromatic rings. The summed E-state index contributed by atoms with van der Waals surface area (Å²) < 4.78 is 19.4. The molecule has 0 bridgehead atoms. The highest BCUT2D eigenvalue weighted by Crippen LogP contribution is 2.46. The first-order valence-electron chi connectivity index (χ1n) is 11.9. The molecule has 0 saturated carbocycles. The number of rotatable bonds is 5. The van der Waals surface area contributed by atoms with Gasteiger partial charge in [-0.3, -0.25) is 4.99 Å². The van der Waals surface area contributed by atoms with Gasteiger partial charge in [-0.25, -0.2) is 4.68 Å².